The van der Waals surface area contributed by atoms with Crippen molar-refractivity contribution < 1.29 is 0 Å². The summed E-state index contributed by atoms with van der Waals surface area (Å²) in [6, 6.07) is 29.6. The molecule has 0 aliphatic heterocycles. The Bertz CT molecular complexity index is 880. The van der Waals surface area contributed by atoms with E-state index < -0.39 is 0 Å². The fourth-order valence-corrected chi connectivity index (χ4v) is 3.99. The highest BCUT2D eigenvalue weighted by atomic mass is 32.2. The molecule has 0 aliphatic carbocycles. The monoisotopic (exact) mass is 420 g/mol. The zero-order valence-corrected chi connectivity index (χ0v) is 18.8. The van der Waals surface area contributed by atoms with E-state index in [1.165, 1.54) is 10.5 Å². The Morgan fingerprint density at radius 1 is 0.828 bits per heavy atom. The molecule has 0 aromatic heterocycles. The first-order valence-electron chi connectivity index (χ1n) is 10.0. The highest BCUT2D eigenvalue weighted by molar-refractivity contribution is 7.98. The minimum Gasteiger partial charge on any atom is -0.344 e. The predicted molar refractivity (Wildman–Crippen MR) is 131 cm³/mol. The second-order valence-electron chi connectivity index (χ2n) is 6.91. The Hall–Kier alpha value is -2.30. The Balaban J connectivity index is 1.95. The predicted octanol–water partition coefficient (Wildman–Crippen LogP) is 7.13. The standard InChI is InChI=1S/C25H28N2S2/c1-3-4-19-26(20-21-11-7-5-8-12-21)25(28)27(22-13-9-6-10-14-22)23-15-17-24(29-2)18-16-23/h5-18H,3-4,19-20H2,1-2H3. The summed E-state index contributed by atoms with van der Waals surface area (Å²) in [4.78, 5) is 5.77. The van der Waals surface area contributed by atoms with Crippen LogP contribution in [0.25, 0.3) is 0 Å². The van der Waals surface area contributed by atoms with Gasteiger partial charge in [-0.3, -0.25) is 4.90 Å². The fourth-order valence-electron chi connectivity index (χ4n) is 3.21. The van der Waals surface area contributed by atoms with Gasteiger partial charge in [0.05, 0.1) is 0 Å². The lowest BCUT2D eigenvalue weighted by Gasteiger charge is -2.34. The van der Waals surface area contributed by atoms with Crippen LogP contribution in [0.3, 0.4) is 0 Å². The maximum atomic E-state index is 6.08. The number of nitrogens with zero attached hydrogens (tertiary/aromatic N) is 2. The van der Waals surface area contributed by atoms with Gasteiger partial charge in [-0.15, -0.1) is 11.8 Å². The molecule has 0 aliphatic rings. The lowest BCUT2D eigenvalue weighted by atomic mass is 10.2. The van der Waals surface area contributed by atoms with E-state index in [1.54, 1.807) is 11.8 Å². The number of thiocarbonyl (C=S) groups is 1. The van der Waals surface area contributed by atoms with Gasteiger partial charge in [0.25, 0.3) is 0 Å². The van der Waals surface area contributed by atoms with E-state index in [9.17, 15) is 0 Å². The quantitative estimate of drug-likeness (QED) is 0.282. The van der Waals surface area contributed by atoms with E-state index >= 15 is 0 Å². The van der Waals surface area contributed by atoms with E-state index in [0.29, 0.717) is 0 Å². The molecule has 0 amide bonds. The van der Waals surface area contributed by atoms with Crippen molar-refractivity contribution in [2.75, 3.05) is 17.7 Å². The number of benzene rings is 3. The van der Waals surface area contributed by atoms with E-state index in [-0.39, 0.29) is 0 Å². The van der Waals surface area contributed by atoms with Gasteiger partial charge < -0.3 is 4.90 Å². The maximum absolute atomic E-state index is 6.08. The first-order valence-corrected chi connectivity index (χ1v) is 11.7. The Morgan fingerprint density at radius 2 is 1.41 bits per heavy atom. The van der Waals surface area contributed by atoms with Gasteiger partial charge in [-0.1, -0.05) is 61.9 Å². The molecule has 2 nitrogen and oxygen atoms in total. The molecule has 150 valence electrons. The molecule has 0 radical (unpaired) electrons. The van der Waals surface area contributed by atoms with Crippen molar-refractivity contribution in [1.29, 1.82) is 0 Å². The Kier molecular flexibility index (Phi) is 8.14. The number of anilines is 2. The molecular weight excluding hydrogens is 392 g/mol. The molecule has 0 unspecified atom stereocenters. The fraction of sp³-hybridized carbons (Fsp3) is 0.240. The van der Waals surface area contributed by atoms with Crippen molar-refractivity contribution in [1.82, 2.24) is 4.90 Å². The van der Waals surface area contributed by atoms with Crippen molar-refractivity contribution >= 4 is 40.5 Å². The lowest BCUT2D eigenvalue weighted by Crippen LogP contribution is -2.40. The van der Waals surface area contributed by atoms with Crippen LogP contribution < -0.4 is 4.90 Å². The molecule has 0 bridgehead atoms. The third kappa shape index (κ3) is 5.84. The van der Waals surface area contributed by atoms with Crippen LogP contribution in [0.4, 0.5) is 11.4 Å². The summed E-state index contributed by atoms with van der Waals surface area (Å²) >= 11 is 7.83. The molecule has 29 heavy (non-hydrogen) atoms. The van der Waals surface area contributed by atoms with Gasteiger partial charge in [0.1, 0.15) is 0 Å². The zero-order valence-electron chi connectivity index (χ0n) is 17.1. The van der Waals surface area contributed by atoms with Gasteiger partial charge in [-0.2, -0.15) is 0 Å². The van der Waals surface area contributed by atoms with E-state index in [4.69, 9.17) is 12.2 Å². The van der Waals surface area contributed by atoms with E-state index in [2.05, 4.69) is 102 Å². The molecule has 0 saturated carbocycles. The molecule has 3 aromatic rings. The van der Waals surface area contributed by atoms with Crippen LogP contribution in [0.5, 0.6) is 0 Å². The molecule has 0 N–H and O–H groups in total. The second-order valence-corrected chi connectivity index (χ2v) is 8.16. The molecule has 0 heterocycles. The molecule has 0 fully saturated rings. The van der Waals surface area contributed by atoms with Crippen LogP contribution in [0.1, 0.15) is 25.3 Å². The van der Waals surface area contributed by atoms with Gasteiger partial charge in [-0.25, -0.2) is 0 Å². The second kappa shape index (κ2) is 11.0. The van der Waals surface area contributed by atoms with Crippen molar-refractivity contribution in [2.45, 2.75) is 31.2 Å². The minimum absolute atomic E-state index is 0.811. The minimum atomic E-state index is 0.811. The summed E-state index contributed by atoms with van der Waals surface area (Å²) in [6.45, 7) is 3.97. The van der Waals surface area contributed by atoms with E-state index in [1.807, 2.05) is 6.07 Å². The number of unbranched alkanes of at least 4 members (excludes halogenated alkanes) is 1. The normalized spacial score (nSPS) is 10.6. The summed E-state index contributed by atoms with van der Waals surface area (Å²) < 4.78 is 0. The summed E-state index contributed by atoms with van der Waals surface area (Å²) in [5.41, 5.74) is 3.45. The molecule has 4 heteroatoms. The molecule has 0 spiro atoms. The van der Waals surface area contributed by atoms with Gasteiger partial charge in [-0.05, 0) is 66.9 Å². The SMILES string of the molecule is CCCCN(Cc1ccccc1)C(=S)N(c1ccccc1)c1ccc(SC)cc1. The summed E-state index contributed by atoms with van der Waals surface area (Å²) in [7, 11) is 0. The third-order valence-electron chi connectivity index (χ3n) is 4.80. The van der Waals surface area contributed by atoms with Crippen molar-refractivity contribution in [3.8, 4) is 0 Å². The Labute approximate surface area is 184 Å². The largest absolute Gasteiger partial charge is 0.344 e. The number of hydrogen-bond acceptors (Lipinski definition) is 2. The maximum Gasteiger partial charge on any atom is 0.181 e. The van der Waals surface area contributed by atoms with Crippen molar-refractivity contribution in [3.63, 3.8) is 0 Å². The van der Waals surface area contributed by atoms with Gasteiger partial charge >= 0.3 is 0 Å². The number of hydrogen-bond donors (Lipinski definition) is 0. The highest BCUT2D eigenvalue weighted by Gasteiger charge is 2.20. The molecule has 0 atom stereocenters. The van der Waals surface area contributed by atoms with Gasteiger partial charge in [0, 0.05) is 29.4 Å². The smallest absolute Gasteiger partial charge is 0.181 e. The van der Waals surface area contributed by atoms with Crippen LogP contribution in [0.15, 0.2) is 89.8 Å². The highest BCUT2D eigenvalue weighted by Crippen LogP contribution is 2.29. The zero-order chi connectivity index (χ0) is 20.5. The van der Waals surface area contributed by atoms with Crippen LogP contribution in [0.2, 0.25) is 0 Å². The van der Waals surface area contributed by atoms with Crippen LogP contribution in [0, 0.1) is 0 Å². The number of thioether (sulfide) groups is 1. The lowest BCUT2D eigenvalue weighted by molar-refractivity contribution is 0.404. The van der Waals surface area contributed by atoms with Crippen LogP contribution in [-0.2, 0) is 6.54 Å². The molecule has 3 aromatic carbocycles. The van der Waals surface area contributed by atoms with Gasteiger partial charge in [0.2, 0.25) is 0 Å². The average molecular weight is 421 g/mol. The van der Waals surface area contributed by atoms with Crippen LogP contribution in [-0.4, -0.2) is 22.8 Å². The number of rotatable bonds is 8. The van der Waals surface area contributed by atoms with Gasteiger partial charge in [0.15, 0.2) is 5.11 Å². The third-order valence-corrected chi connectivity index (χ3v) is 5.99. The molecular formula is C25H28N2S2. The average Bonchev–Trinajstić information content (AvgIpc) is 2.78. The summed E-state index contributed by atoms with van der Waals surface area (Å²) in [6.07, 6.45) is 4.35. The first-order chi connectivity index (χ1) is 14.2. The summed E-state index contributed by atoms with van der Waals surface area (Å²) in [5.74, 6) is 0. The molecule has 3 rings (SSSR count). The van der Waals surface area contributed by atoms with Crippen molar-refractivity contribution in [3.05, 3.63) is 90.5 Å². The number of para-hydroxylation sites is 1. The van der Waals surface area contributed by atoms with E-state index in [0.717, 1.165) is 42.4 Å². The Morgan fingerprint density at radius 3 is 2.00 bits per heavy atom. The topological polar surface area (TPSA) is 6.48 Å². The van der Waals surface area contributed by atoms with Crippen molar-refractivity contribution in [2.24, 2.45) is 0 Å². The van der Waals surface area contributed by atoms with Crippen LogP contribution >= 0.6 is 24.0 Å². The summed E-state index contributed by atoms with van der Waals surface area (Å²) in [5, 5.41) is 0.838. The first kappa shape index (κ1) is 21.4. The molecule has 0 saturated heterocycles.